The van der Waals surface area contributed by atoms with E-state index in [1.807, 2.05) is 6.20 Å². The number of fused-ring (bicyclic) bond motifs is 1. The predicted molar refractivity (Wildman–Crippen MR) is 73.2 cm³/mol. The van der Waals surface area contributed by atoms with Gasteiger partial charge in [0.2, 0.25) is 0 Å². The van der Waals surface area contributed by atoms with E-state index < -0.39 is 0 Å². The Kier molecular flexibility index (Phi) is 3.25. The molecule has 1 fully saturated rings. The molecule has 0 bridgehead atoms. The van der Waals surface area contributed by atoms with E-state index in [0.717, 1.165) is 18.4 Å². The van der Waals surface area contributed by atoms with E-state index in [-0.39, 0.29) is 0 Å². The standard InChI is InChI=1S/C15H23N3/c1-12(2)18-8-7-16-15(18)11-17-9-13-5-3-4-6-14(13)10-17/h3-4,7-8,12-14H,5-6,9-11H2,1-2H3/t13-,14+. The number of allylic oxidation sites excluding steroid dienone is 2. The van der Waals surface area contributed by atoms with Gasteiger partial charge in [0.05, 0.1) is 6.54 Å². The number of imidazole rings is 1. The average molecular weight is 245 g/mol. The van der Waals surface area contributed by atoms with Crippen molar-refractivity contribution in [3.05, 3.63) is 30.4 Å². The van der Waals surface area contributed by atoms with Crippen molar-refractivity contribution in [1.82, 2.24) is 14.5 Å². The zero-order chi connectivity index (χ0) is 12.5. The van der Waals surface area contributed by atoms with E-state index in [4.69, 9.17) is 0 Å². The molecule has 0 amide bonds. The summed E-state index contributed by atoms with van der Waals surface area (Å²) in [5.41, 5.74) is 0. The quantitative estimate of drug-likeness (QED) is 0.764. The third kappa shape index (κ3) is 2.24. The first-order chi connectivity index (χ1) is 8.74. The zero-order valence-corrected chi connectivity index (χ0v) is 11.4. The highest BCUT2D eigenvalue weighted by atomic mass is 15.2. The van der Waals surface area contributed by atoms with Crippen LogP contribution in [0.15, 0.2) is 24.5 Å². The van der Waals surface area contributed by atoms with Gasteiger partial charge in [0.15, 0.2) is 0 Å². The fourth-order valence-electron chi connectivity index (χ4n) is 3.38. The molecule has 3 rings (SSSR count). The average Bonchev–Trinajstić information content (AvgIpc) is 2.94. The maximum Gasteiger partial charge on any atom is 0.123 e. The molecule has 1 aromatic heterocycles. The molecule has 18 heavy (non-hydrogen) atoms. The predicted octanol–water partition coefficient (Wildman–Crippen LogP) is 2.86. The molecule has 0 aromatic carbocycles. The second-order valence-electron chi connectivity index (χ2n) is 6.00. The smallest absolute Gasteiger partial charge is 0.123 e. The normalized spacial score (nSPS) is 27.9. The SMILES string of the molecule is CC(C)n1ccnc1CN1C[C@H]2CC=CC[C@H]2C1. The summed E-state index contributed by atoms with van der Waals surface area (Å²) >= 11 is 0. The minimum atomic E-state index is 0.508. The summed E-state index contributed by atoms with van der Waals surface area (Å²) in [6, 6.07) is 0.508. The van der Waals surface area contributed by atoms with Gasteiger partial charge >= 0.3 is 0 Å². The van der Waals surface area contributed by atoms with Crippen LogP contribution < -0.4 is 0 Å². The molecule has 1 aliphatic heterocycles. The minimum absolute atomic E-state index is 0.508. The van der Waals surface area contributed by atoms with Crippen LogP contribution in [0.1, 0.15) is 38.6 Å². The molecule has 0 radical (unpaired) electrons. The summed E-state index contributed by atoms with van der Waals surface area (Å²) in [4.78, 5) is 7.11. The van der Waals surface area contributed by atoms with Gasteiger partial charge in [-0.1, -0.05) is 12.2 Å². The van der Waals surface area contributed by atoms with Crippen LogP contribution in [0.4, 0.5) is 0 Å². The van der Waals surface area contributed by atoms with E-state index >= 15 is 0 Å². The van der Waals surface area contributed by atoms with Gasteiger partial charge in [-0.2, -0.15) is 0 Å². The maximum atomic E-state index is 4.52. The van der Waals surface area contributed by atoms with Crippen molar-refractivity contribution < 1.29 is 0 Å². The molecular formula is C15H23N3. The molecule has 2 aliphatic rings. The minimum Gasteiger partial charge on any atom is -0.331 e. The van der Waals surface area contributed by atoms with Crippen molar-refractivity contribution in [2.75, 3.05) is 13.1 Å². The van der Waals surface area contributed by atoms with Gasteiger partial charge in [0.25, 0.3) is 0 Å². The molecule has 2 heterocycles. The van der Waals surface area contributed by atoms with Crippen molar-refractivity contribution in [3.8, 4) is 0 Å². The molecule has 2 atom stereocenters. The first-order valence-corrected chi connectivity index (χ1v) is 7.13. The first kappa shape index (κ1) is 12.0. The fraction of sp³-hybridized carbons (Fsp3) is 0.667. The lowest BCUT2D eigenvalue weighted by Gasteiger charge is -2.18. The number of rotatable bonds is 3. The van der Waals surface area contributed by atoms with Crippen molar-refractivity contribution in [3.63, 3.8) is 0 Å². The second kappa shape index (κ2) is 4.88. The maximum absolute atomic E-state index is 4.52. The number of aromatic nitrogens is 2. The van der Waals surface area contributed by atoms with Crippen LogP contribution in [-0.4, -0.2) is 27.5 Å². The Morgan fingerprint density at radius 1 is 1.22 bits per heavy atom. The summed E-state index contributed by atoms with van der Waals surface area (Å²) < 4.78 is 2.29. The van der Waals surface area contributed by atoms with Crippen LogP contribution in [0.2, 0.25) is 0 Å². The van der Waals surface area contributed by atoms with E-state index in [9.17, 15) is 0 Å². The number of likely N-dealkylation sites (tertiary alicyclic amines) is 1. The first-order valence-electron chi connectivity index (χ1n) is 7.13. The van der Waals surface area contributed by atoms with Crippen LogP contribution in [0.3, 0.4) is 0 Å². The van der Waals surface area contributed by atoms with Crippen LogP contribution in [0, 0.1) is 11.8 Å². The van der Waals surface area contributed by atoms with Crippen molar-refractivity contribution in [1.29, 1.82) is 0 Å². The summed E-state index contributed by atoms with van der Waals surface area (Å²) in [6.07, 6.45) is 11.3. The Morgan fingerprint density at radius 2 is 1.89 bits per heavy atom. The van der Waals surface area contributed by atoms with E-state index in [2.05, 4.69) is 46.6 Å². The topological polar surface area (TPSA) is 21.1 Å². The third-order valence-electron chi connectivity index (χ3n) is 4.37. The molecule has 0 saturated carbocycles. The summed E-state index contributed by atoms with van der Waals surface area (Å²) in [7, 11) is 0. The zero-order valence-electron chi connectivity index (χ0n) is 11.4. The van der Waals surface area contributed by atoms with Gasteiger partial charge < -0.3 is 4.57 Å². The van der Waals surface area contributed by atoms with Gasteiger partial charge in [-0.3, -0.25) is 4.90 Å². The molecule has 3 nitrogen and oxygen atoms in total. The fourth-order valence-corrected chi connectivity index (χ4v) is 3.38. The number of hydrogen-bond donors (Lipinski definition) is 0. The van der Waals surface area contributed by atoms with Crippen molar-refractivity contribution >= 4 is 0 Å². The molecule has 1 saturated heterocycles. The van der Waals surface area contributed by atoms with E-state index in [1.54, 1.807) is 0 Å². The Morgan fingerprint density at radius 3 is 2.50 bits per heavy atom. The third-order valence-corrected chi connectivity index (χ3v) is 4.37. The van der Waals surface area contributed by atoms with Gasteiger partial charge in [-0.15, -0.1) is 0 Å². The molecule has 1 aromatic rings. The van der Waals surface area contributed by atoms with E-state index in [1.165, 1.54) is 31.8 Å². The van der Waals surface area contributed by atoms with Gasteiger partial charge in [0, 0.05) is 31.5 Å². The summed E-state index contributed by atoms with van der Waals surface area (Å²) in [5, 5.41) is 0. The van der Waals surface area contributed by atoms with Crippen LogP contribution in [-0.2, 0) is 6.54 Å². The summed E-state index contributed by atoms with van der Waals surface area (Å²) in [6.45, 7) is 7.95. The molecule has 3 heteroatoms. The highest BCUT2D eigenvalue weighted by Gasteiger charge is 2.33. The Labute approximate surface area is 110 Å². The molecule has 1 aliphatic carbocycles. The summed E-state index contributed by atoms with van der Waals surface area (Å²) in [5.74, 6) is 2.99. The second-order valence-corrected chi connectivity index (χ2v) is 6.00. The van der Waals surface area contributed by atoms with Crippen molar-refractivity contribution in [2.45, 2.75) is 39.3 Å². The lowest BCUT2D eigenvalue weighted by molar-refractivity contribution is 0.298. The molecule has 0 spiro atoms. The lowest BCUT2D eigenvalue weighted by atomic mass is 9.86. The van der Waals surface area contributed by atoms with Gasteiger partial charge in [0.1, 0.15) is 5.82 Å². The number of hydrogen-bond acceptors (Lipinski definition) is 2. The van der Waals surface area contributed by atoms with Crippen LogP contribution in [0.25, 0.3) is 0 Å². The Hall–Kier alpha value is -1.09. The largest absolute Gasteiger partial charge is 0.331 e. The molecule has 98 valence electrons. The lowest BCUT2D eigenvalue weighted by Crippen LogP contribution is -2.23. The molecule has 0 N–H and O–H groups in total. The van der Waals surface area contributed by atoms with Gasteiger partial charge in [-0.05, 0) is 38.5 Å². The van der Waals surface area contributed by atoms with Crippen LogP contribution >= 0.6 is 0 Å². The Balaban J connectivity index is 1.66. The molecular weight excluding hydrogens is 222 g/mol. The Bertz CT molecular complexity index is 417. The highest BCUT2D eigenvalue weighted by molar-refractivity contribution is 5.01. The highest BCUT2D eigenvalue weighted by Crippen LogP contribution is 2.33. The van der Waals surface area contributed by atoms with Crippen LogP contribution in [0.5, 0.6) is 0 Å². The van der Waals surface area contributed by atoms with Gasteiger partial charge in [-0.25, -0.2) is 4.98 Å². The monoisotopic (exact) mass is 245 g/mol. The molecule has 0 unspecified atom stereocenters. The van der Waals surface area contributed by atoms with Crippen molar-refractivity contribution in [2.24, 2.45) is 11.8 Å². The van der Waals surface area contributed by atoms with E-state index in [0.29, 0.717) is 6.04 Å². The number of nitrogens with zero attached hydrogens (tertiary/aromatic N) is 3.